The van der Waals surface area contributed by atoms with Gasteiger partial charge in [0.15, 0.2) is 0 Å². The molecule has 1 saturated heterocycles. The van der Waals surface area contributed by atoms with Crippen molar-refractivity contribution in [2.24, 2.45) is 11.3 Å². The number of aliphatic carboxylic acids is 1. The lowest BCUT2D eigenvalue weighted by Gasteiger charge is -2.29. The average molecular weight is 227 g/mol. The molecule has 2 N–H and O–H groups in total. The van der Waals surface area contributed by atoms with Crippen LogP contribution in [0.1, 0.15) is 32.6 Å². The maximum Gasteiger partial charge on any atom is 0.320 e. The van der Waals surface area contributed by atoms with Gasteiger partial charge in [-0.05, 0) is 25.2 Å². The highest BCUT2D eigenvalue weighted by atomic mass is 16.4. The zero-order chi connectivity index (χ0) is 11.8. The molecule has 2 atom stereocenters. The van der Waals surface area contributed by atoms with Gasteiger partial charge in [-0.1, -0.05) is 12.8 Å². The quantitative estimate of drug-likeness (QED) is 0.753. The van der Waals surface area contributed by atoms with Crippen molar-refractivity contribution in [1.29, 1.82) is 0 Å². The summed E-state index contributed by atoms with van der Waals surface area (Å²) in [5.74, 6) is -0.483. The van der Waals surface area contributed by atoms with Crippen LogP contribution in [-0.2, 0) is 4.79 Å². The van der Waals surface area contributed by atoms with E-state index in [1.807, 2.05) is 4.90 Å². The Hall–Kier alpha value is -0.610. The van der Waals surface area contributed by atoms with E-state index in [4.69, 9.17) is 5.11 Å². The van der Waals surface area contributed by atoms with Crippen LogP contribution in [0.5, 0.6) is 0 Å². The van der Waals surface area contributed by atoms with E-state index in [1.54, 1.807) is 6.92 Å². The molecule has 0 unspecified atom stereocenters. The van der Waals surface area contributed by atoms with E-state index in [0.29, 0.717) is 0 Å². The molecule has 1 heterocycles. The first kappa shape index (κ1) is 11.9. The number of hydrogen-bond acceptors (Lipinski definition) is 3. The molecule has 0 amide bonds. The summed E-state index contributed by atoms with van der Waals surface area (Å²) < 4.78 is 0. The Balaban J connectivity index is 2.09. The minimum atomic E-state index is -0.758. The second-order valence-corrected chi connectivity index (χ2v) is 5.39. The van der Waals surface area contributed by atoms with Crippen LogP contribution in [-0.4, -0.2) is 46.8 Å². The van der Waals surface area contributed by atoms with Crippen molar-refractivity contribution < 1.29 is 15.0 Å². The number of likely N-dealkylation sites (tertiary alicyclic amines) is 1. The van der Waals surface area contributed by atoms with Crippen molar-refractivity contribution >= 4 is 5.97 Å². The highest BCUT2D eigenvalue weighted by Crippen LogP contribution is 2.49. The molecule has 2 aliphatic rings. The van der Waals surface area contributed by atoms with Gasteiger partial charge in [-0.3, -0.25) is 9.69 Å². The van der Waals surface area contributed by atoms with Crippen LogP contribution in [0.3, 0.4) is 0 Å². The number of carbonyl (C=O) groups is 1. The molecule has 0 aromatic rings. The van der Waals surface area contributed by atoms with Crippen LogP contribution < -0.4 is 0 Å². The Bertz CT molecular complexity index is 273. The van der Waals surface area contributed by atoms with Gasteiger partial charge < -0.3 is 10.2 Å². The number of rotatable bonds is 3. The van der Waals surface area contributed by atoms with Crippen molar-refractivity contribution in [1.82, 2.24) is 4.90 Å². The topological polar surface area (TPSA) is 60.8 Å². The first-order chi connectivity index (χ1) is 7.59. The van der Waals surface area contributed by atoms with E-state index in [9.17, 15) is 9.90 Å². The Morgan fingerprint density at radius 2 is 2.12 bits per heavy atom. The summed E-state index contributed by atoms with van der Waals surface area (Å²) in [5.41, 5.74) is 0.207. The van der Waals surface area contributed by atoms with Gasteiger partial charge in [0.25, 0.3) is 0 Å². The molecular formula is C12H21NO3. The van der Waals surface area contributed by atoms with Gasteiger partial charge in [-0.2, -0.15) is 0 Å². The molecule has 4 nitrogen and oxygen atoms in total. The normalized spacial score (nSPS) is 31.0. The third-order valence-corrected chi connectivity index (χ3v) is 4.56. The third-order valence-electron chi connectivity index (χ3n) is 4.56. The van der Waals surface area contributed by atoms with E-state index in [2.05, 4.69) is 0 Å². The zero-order valence-electron chi connectivity index (χ0n) is 9.85. The highest BCUT2D eigenvalue weighted by molar-refractivity contribution is 5.72. The molecule has 1 aliphatic heterocycles. The number of hydrogen-bond donors (Lipinski definition) is 2. The number of carboxylic acid groups (broad SMARTS) is 1. The minimum Gasteiger partial charge on any atom is -0.480 e. The lowest BCUT2D eigenvalue weighted by molar-refractivity contribution is -0.142. The van der Waals surface area contributed by atoms with E-state index in [1.165, 1.54) is 12.8 Å². The minimum absolute atomic E-state index is 0.197. The number of aliphatic hydroxyl groups is 1. The van der Waals surface area contributed by atoms with Crippen molar-refractivity contribution in [3.05, 3.63) is 0 Å². The molecular weight excluding hydrogens is 206 g/mol. The molecule has 0 radical (unpaired) electrons. The number of carboxylic acids is 1. The Labute approximate surface area is 96.3 Å². The summed E-state index contributed by atoms with van der Waals surface area (Å²) in [6.45, 7) is 3.53. The molecule has 1 saturated carbocycles. The van der Waals surface area contributed by atoms with Crippen molar-refractivity contribution in [3.8, 4) is 0 Å². The van der Waals surface area contributed by atoms with Gasteiger partial charge in [-0.15, -0.1) is 0 Å². The van der Waals surface area contributed by atoms with Crippen LogP contribution >= 0.6 is 0 Å². The molecule has 1 spiro atoms. The Morgan fingerprint density at radius 1 is 1.50 bits per heavy atom. The summed E-state index contributed by atoms with van der Waals surface area (Å²) >= 11 is 0. The van der Waals surface area contributed by atoms with Crippen LogP contribution in [0.15, 0.2) is 0 Å². The summed E-state index contributed by atoms with van der Waals surface area (Å²) in [5, 5.41) is 18.5. The highest BCUT2D eigenvalue weighted by Gasteiger charge is 2.49. The van der Waals surface area contributed by atoms with Crippen molar-refractivity contribution in [2.45, 2.75) is 38.6 Å². The molecule has 2 fully saturated rings. The summed E-state index contributed by atoms with van der Waals surface area (Å²) in [4.78, 5) is 13.0. The van der Waals surface area contributed by atoms with E-state index in [-0.39, 0.29) is 17.9 Å². The van der Waals surface area contributed by atoms with Gasteiger partial charge in [0.1, 0.15) is 6.04 Å². The zero-order valence-corrected chi connectivity index (χ0v) is 9.85. The number of aliphatic hydroxyl groups excluding tert-OH is 1. The molecule has 2 rings (SSSR count). The average Bonchev–Trinajstić information content (AvgIpc) is 2.86. The molecule has 4 heteroatoms. The Kier molecular flexibility index (Phi) is 3.22. The lowest BCUT2D eigenvalue weighted by Crippen LogP contribution is -2.38. The fourth-order valence-electron chi connectivity index (χ4n) is 3.42. The fraction of sp³-hybridized carbons (Fsp3) is 0.917. The summed E-state index contributed by atoms with van der Waals surface area (Å²) in [7, 11) is 0. The van der Waals surface area contributed by atoms with Gasteiger partial charge in [0.05, 0.1) is 0 Å². The third kappa shape index (κ3) is 1.84. The van der Waals surface area contributed by atoms with Gasteiger partial charge in [-0.25, -0.2) is 0 Å². The van der Waals surface area contributed by atoms with Crippen LogP contribution in [0.25, 0.3) is 0 Å². The standard InChI is InChI=1S/C12H21NO3/c1-9(11(15)16)13-6-10(7-14)12(8-13)4-2-3-5-12/h9-10,14H,2-8H2,1H3,(H,15,16)/t9-,10+/m1/s1. The molecule has 92 valence electrons. The molecule has 0 aromatic heterocycles. The van der Waals surface area contributed by atoms with E-state index < -0.39 is 12.0 Å². The lowest BCUT2D eigenvalue weighted by atomic mass is 9.77. The molecule has 16 heavy (non-hydrogen) atoms. The van der Waals surface area contributed by atoms with Gasteiger partial charge >= 0.3 is 5.97 Å². The van der Waals surface area contributed by atoms with E-state index >= 15 is 0 Å². The largest absolute Gasteiger partial charge is 0.480 e. The number of nitrogens with zero attached hydrogens (tertiary/aromatic N) is 1. The van der Waals surface area contributed by atoms with E-state index in [0.717, 1.165) is 25.9 Å². The van der Waals surface area contributed by atoms with Crippen molar-refractivity contribution in [2.75, 3.05) is 19.7 Å². The SMILES string of the molecule is C[C@H](C(=O)O)N1C[C@@H](CO)C2(CCCC2)C1. The van der Waals surface area contributed by atoms with Crippen LogP contribution in [0.4, 0.5) is 0 Å². The second kappa shape index (κ2) is 4.34. The summed E-state index contributed by atoms with van der Waals surface area (Å²) in [6.07, 6.45) is 4.76. The predicted octanol–water partition coefficient (Wildman–Crippen LogP) is 0.944. The molecule has 1 aliphatic carbocycles. The predicted molar refractivity (Wildman–Crippen MR) is 60.1 cm³/mol. The Morgan fingerprint density at radius 3 is 2.62 bits per heavy atom. The molecule has 0 bridgehead atoms. The maximum atomic E-state index is 11.0. The second-order valence-electron chi connectivity index (χ2n) is 5.39. The summed E-state index contributed by atoms with van der Waals surface area (Å²) in [6, 6.07) is -0.422. The van der Waals surface area contributed by atoms with Gasteiger partial charge in [0.2, 0.25) is 0 Å². The van der Waals surface area contributed by atoms with Crippen molar-refractivity contribution in [3.63, 3.8) is 0 Å². The molecule has 0 aromatic carbocycles. The first-order valence-corrected chi connectivity index (χ1v) is 6.17. The van der Waals surface area contributed by atoms with Crippen LogP contribution in [0.2, 0.25) is 0 Å². The monoisotopic (exact) mass is 227 g/mol. The smallest absolute Gasteiger partial charge is 0.320 e. The first-order valence-electron chi connectivity index (χ1n) is 6.17. The van der Waals surface area contributed by atoms with Gasteiger partial charge in [0, 0.05) is 25.6 Å². The maximum absolute atomic E-state index is 11.0. The fourth-order valence-corrected chi connectivity index (χ4v) is 3.42. The van der Waals surface area contributed by atoms with Crippen LogP contribution in [0, 0.1) is 11.3 Å².